The van der Waals surface area contributed by atoms with E-state index in [1.54, 1.807) is 43.3 Å². The molecule has 2 rings (SSSR count). The van der Waals surface area contributed by atoms with Crippen molar-refractivity contribution in [3.05, 3.63) is 40.5 Å². The monoisotopic (exact) mass is 352 g/mol. The first-order valence-electron chi connectivity index (χ1n) is 7.68. The summed E-state index contributed by atoms with van der Waals surface area (Å²) >= 11 is 5.91. The van der Waals surface area contributed by atoms with E-state index in [4.69, 9.17) is 16.3 Å². The first-order valence-corrected chi connectivity index (χ1v) is 8.06. The maximum Gasteiger partial charge on any atom is 0.277 e. The lowest BCUT2D eigenvalue weighted by Gasteiger charge is -2.20. The molecule has 0 aromatic heterocycles. The quantitative estimate of drug-likeness (QED) is 0.565. The van der Waals surface area contributed by atoms with Crippen LogP contribution < -0.4 is 0 Å². The van der Waals surface area contributed by atoms with Crippen LogP contribution in [0.5, 0.6) is 0 Å². The zero-order valence-corrected chi connectivity index (χ0v) is 14.5. The largest absolute Gasteiger partial charge is 0.395 e. The van der Waals surface area contributed by atoms with Gasteiger partial charge in [-0.1, -0.05) is 23.7 Å². The molecule has 0 aliphatic carbocycles. The van der Waals surface area contributed by atoms with Crippen LogP contribution in [0, 0.1) is 0 Å². The number of aliphatic hydroxyl groups is 1. The third-order valence-electron chi connectivity index (χ3n) is 3.82. The van der Waals surface area contributed by atoms with Crippen LogP contribution in [0.1, 0.15) is 12.0 Å². The van der Waals surface area contributed by atoms with Crippen LogP contribution in [-0.4, -0.2) is 67.2 Å². The maximum absolute atomic E-state index is 12.8. The van der Waals surface area contributed by atoms with Crippen molar-refractivity contribution in [2.24, 2.45) is 0 Å². The third-order valence-corrected chi connectivity index (χ3v) is 4.08. The molecule has 1 aromatic rings. The smallest absolute Gasteiger partial charge is 0.277 e. The molecule has 0 radical (unpaired) electrons. The molecule has 0 fully saturated rings. The minimum atomic E-state index is -0.350. The Hall–Kier alpha value is -1.89. The number of imide groups is 1. The molecular weight excluding hydrogens is 332 g/mol. The van der Waals surface area contributed by atoms with Crippen LogP contribution in [-0.2, 0) is 14.3 Å². The van der Waals surface area contributed by atoms with Gasteiger partial charge in [-0.05, 0) is 24.1 Å². The van der Waals surface area contributed by atoms with E-state index in [-0.39, 0.29) is 25.0 Å². The summed E-state index contributed by atoms with van der Waals surface area (Å²) in [7, 11) is 3.26. The normalized spacial score (nSPS) is 14.8. The van der Waals surface area contributed by atoms with Crippen LogP contribution >= 0.6 is 11.6 Å². The fourth-order valence-corrected chi connectivity index (χ4v) is 2.75. The zero-order valence-electron chi connectivity index (χ0n) is 13.8. The molecule has 0 spiro atoms. The standard InChI is InChI=1S/C17H21ClN2O4/c1-19(9-10-21)15-14(12-4-6-13(18)7-5-12)16(22)20(17(15)23)8-3-11-24-2/h4-7,21H,3,8-11H2,1-2H3. The van der Waals surface area contributed by atoms with E-state index in [0.717, 1.165) is 0 Å². The fourth-order valence-electron chi connectivity index (χ4n) is 2.63. The summed E-state index contributed by atoms with van der Waals surface area (Å²) in [6, 6.07) is 6.79. The highest BCUT2D eigenvalue weighted by Gasteiger charge is 2.40. The van der Waals surface area contributed by atoms with Gasteiger partial charge < -0.3 is 14.7 Å². The molecule has 2 amide bonds. The molecule has 0 saturated carbocycles. The molecule has 0 bridgehead atoms. The summed E-state index contributed by atoms with van der Waals surface area (Å²) in [5.41, 5.74) is 1.27. The van der Waals surface area contributed by atoms with E-state index in [0.29, 0.717) is 41.4 Å². The Morgan fingerprint density at radius 3 is 2.46 bits per heavy atom. The van der Waals surface area contributed by atoms with Crippen molar-refractivity contribution in [3.8, 4) is 0 Å². The Morgan fingerprint density at radius 1 is 1.21 bits per heavy atom. The summed E-state index contributed by atoms with van der Waals surface area (Å²) in [6.07, 6.45) is 0.568. The van der Waals surface area contributed by atoms with Crippen molar-refractivity contribution in [2.75, 3.05) is 40.5 Å². The number of hydrogen-bond donors (Lipinski definition) is 1. The van der Waals surface area contributed by atoms with Crippen molar-refractivity contribution in [3.63, 3.8) is 0 Å². The number of halogens is 1. The molecule has 1 aliphatic heterocycles. The molecule has 1 aromatic carbocycles. The van der Waals surface area contributed by atoms with E-state index < -0.39 is 0 Å². The number of aliphatic hydroxyl groups excluding tert-OH is 1. The van der Waals surface area contributed by atoms with Crippen LogP contribution in [0.3, 0.4) is 0 Å². The van der Waals surface area contributed by atoms with Crippen molar-refractivity contribution in [2.45, 2.75) is 6.42 Å². The number of methoxy groups -OCH3 is 1. The van der Waals surface area contributed by atoms with Gasteiger partial charge in [0.2, 0.25) is 0 Å². The van der Waals surface area contributed by atoms with E-state index in [1.807, 2.05) is 0 Å². The van der Waals surface area contributed by atoms with Crippen molar-refractivity contribution in [1.29, 1.82) is 0 Å². The number of rotatable bonds is 8. The summed E-state index contributed by atoms with van der Waals surface area (Å²) in [5.74, 6) is -0.685. The highest BCUT2D eigenvalue weighted by Crippen LogP contribution is 2.31. The van der Waals surface area contributed by atoms with Crippen LogP contribution in [0.4, 0.5) is 0 Å². The lowest BCUT2D eigenvalue weighted by atomic mass is 10.0. The molecule has 6 nitrogen and oxygen atoms in total. The van der Waals surface area contributed by atoms with Crippen LogP contribution in [0.2, 0.25) is 5.02 Å². The maximum atomic E-state index is 12.8. The van der Waals surface area contributed by atoms with Crippen molar-refractivity contribution in [1.82, 2.24) is 9.80 Å². The number of nitrogens with zero attached hydrogens (tertiary/aromatic N) is 2. The second kappa shape index (κ2) is 8.28. The Balaban J connectivity index is 2.40. The average Bonchev–Trinajstić information content (AvgIpc) is 2.80. The van der Waals surface area contributed by atoms with Gasteiger partial charge >= 0.3 is 0 Å². The fraction of sp³-hybridized carbons (Fsp3) is 0.412. The average molecular weight is 353 g/mol. The topological polar surface area (TPSA) is 70.1 Å². The van der Waals surface area contributed by atoms with Gasteiger partial charge in [-0.25, -0.2) is 0 Å². The molecule has 0 unspecified atom stereocenters. The summed E-state index contributed by atoms with van der Waals surface area (Å²) in [6.45, 7) is 0.907. The lowest BCUT2D eigenvalue weighted by Crippen LogP contribution is -2.35. The van der Waals surface area contributed by atoms with Gasteiger partial charge in [0.1, 0.15) is 5.70 Å². The lowest BCUT2D eigenvalue weighted by molar-refractivity contribution is -0.137. The molecule has 1 aliphatic rings. The van der Waals surface area contributed by atoms with Gasteiger partial charge in [0.25, 0.3) is 11.8 Å². The number of hydrogen-bond acceptors (Lipinski definition) is 5. The molecule has 0 atom stereocenters. The highest BCUT2D eigenvalue weighted by molar-refractivity contribution is 6.36. The van der Waals surface area contributed by atoms with Crippen LogP contribution in [0.25, 0.3) is 5.57 Å². The number of carbonyl (C=O) groups is 2. The van der Waals surface area contributed by atoms with Gasteiger partial charge in [0.15, 0.2) is 0 Å². The molecule has 24 heavy (non-hydrogen) atoms. The Labute approximate surface area is 146 Å². The molecule has 7 heteroatoms. The molecular formula is C17H21ClN2O4. The number of ether oxygens (including phenoxy) is 1. The van der Waals surface area contributed by atoms with Gasteiger partial charge in [-0.15, -0.1) is 0 Å². The highest BCUT2D eigenvalue weighted by atomic mass is 35.5. The van der Waals surface area contributed by atoms with E-state index in [2.05, 4.69) is 0 Å². The predicted molar refractivity (Wildman–Crippen MR) is 91.3 cm³/mol. The number of carbonyl (C=O) groups excluding carboxylic acids is 2. The van der Waals surface area contributed by atoms with Crippen molar-refractivity contribution >= 4 is 29.0 Å². The van der Waals surface area contributed by atoms with Gasteiger partial charge in [0, 0.05) is 38.9 Å². The zero-order chi connectivity index (χ0) is 17.7. The van der Waals surface area contributed by atoms with Gasteiger partial charge in [-0.2, -0.15) is 0 Å². The molecule has 1 heterocycles. The second-order valence-electron chi connectivity index (χ2n) is 5.48. The van der Waals surface area contributed by atoms with E-state index in [1.165, 1.54) is 4.90 Å². The SMILES string of the molecule is COCCCN1C(=O)C(c2ccc(Cl)cc2)=C(N(C)CCO)C1=O. The number of likely N-dealkylation sites (N-methyl/N-ethyl adjacent to an activating group) is 1. The van der Waals surface area contributed by atoms with Gasteiger partial charge in [0.05, 0.1) is 12.2 Å². The Bertz CT molecular complexity index is 642. The first-order chi connectivity index (χ1) is 11.5. The van der Waals surface area contributed by atoms with Gasteiger partial charge in [-0.3, -0.25) is 14.5 Å². The predicted octanol–water partition coefficient (Wildman–Crippen LogP) is 1.38. The Morgan fingerprint density at radius 2 is 1.88 bits per heavy atom. The van der Waals surface area contributed by atoms with E-state index in [9.17, 15) is 14.7 Å². The minimum absolute atomic E-state index is 0.112. The van der Waals surface area contributed by atoms with E-state index >= 15 is 0 Å². The molecule has 130 valence electrons. The summed E-state index contributed by atoms with van der Waals surface area (Å²) in [5, 5.41) is 9.73. The van der Waals surface area contributed by atoms with Crippen molar-refractivity contribution < 1.29 is 19.4 Å². The second-order valence-corrected chi connectivity index (χ2v) is 5.92. The number of amides is 2. The number of benzene rings is 1. The van der Waals surface area contributed by atoms with Crippen LogP contribution in [0.15, 0.2) is 30.0 Å². The minimum Gasteiger partial charge on any atom is -0.395 e. The summed E-state index contributed by atoms with van der Waals surface area (Å²) < 4.78 is 4.99. The molecule has 1 N–H and O–H groups in total. The summed E-state index contributed by atoms with van der Waals surface area (Å²) in [4.78, 5) is 28.4. The Kier molecular flexibility index (Phi) is 6.36. The first kappa shape index (κ1) is 18.4. The third kappa shape index (κ3) is 3.77. The molecule has 0 saturated heterocycles.